The maximum atomic E-state index is 12.1. The first-order valence-electron chi connectivity index (χ1n) is 8.26. The van der Waals surface area contributed by atoms with Crippen LogP contribution in [0.15, 0.2) is 24.3 Å². The van der Waals surface area contributed by atoms with E-state index in [9.17, 15) is 9.59 Å². The van der Waals surface area contributed by atoms with Gasteiger partial charge in [-0.15, -0.1) is 12.4 Å². The van der Waals surface area contributed by atoms with Crippen LogP contribution >= 0.6 is 12.4 Å². The van der Waals surface area contributed by atoms with E-state index in [1.54, 1.807) is 31.4 Å². The van der Waals surface area contributed by atoms with Gasteiger partial charge in [0.05, 0.1) is 7.11 Å². The summed E-state index contributed by atoms with van der Waals surface area (Å²) in [4.78, 5) is 27.9. The van der Waals surface area contributed by atoms with Gasteiger partial charge in [-0.3, -0.25) is 14.5 Å². The molecule has 3 N–H and O–H groups in total. The summed E-state index contributed by atoms with van der Waals surface area (Å²) in [5, 5.41) is 2.92. The summed E-state index contributed by atoms with van der Waals surface area (Å²) >= 11 is 0. The molecule has 1 aromatic carbocycles. The first-order valence-corrected chi connectivity index (χ1v) is 8.26. The highest BCUT2D eigenvalue weighted by Gasteiger charge is 2.20. The van der Waals surface area contributed by atoms with Gasteiger partial charge in [0.25, 0.3) is 5.91 Å². The van der Waals surface area contributed by atoms with Crippen LogP contribution in [-0.2, 0) is 4.79 Å². The zero-order valence-corrected chi connectivity index (χ0v) is 15.4. The van der Waals surface area contributed by atoms with Crippen molar-refractivity contribution in [1.29, 1.82) is 0 Å². The van der Waals surface area contributed by atoms with Crippen LogP contribution in [0.1, 0.15) is 16.8 Å². The van der Waals surface area contributed by atoms with Gasteiger partial charge in [0.15, 0.2) is 0 Å². The van der Waals surface area contributed by atoms with Gasteiger partial charge in [-0.2, -0.15) is 0 Å². The van der Waals surface area contributed by atoms with Crippen LogP contribution < -0.4 is 15.8 Å². The van der Waals surface area contributed by atoms with Crippen LogP contribution in [0.2, 0.25) is 0 Å². The van der Waals surface area contributed by atoms with Crippen molar-refractivity contribution in [1.82, 2.24) is 15.1 Å². The van der Waals surface area contributed by atoms with E-state index in [0.717, 1.165) is 38.5 Å². The molecule has 0 radical (unpaired) electrons. The summed E-state index contributed by atoms with van der Waals surface area (Å²) in [6, 6.07) is 7.03. The van der Waals surface area contributed by atoms with Crippen molar-refractivity contribution in [3.63, 3.8) is 0 Å². The van der Waals surface area contributed by atoms with E-state index in [-0.39, 0.29) is 24.2 Å². The number of methoxy groups -OCH3 is 1. The Kier molecular flexibility index (Phi) is 9.26. The second kappa shape index (κ2) is 10.9. The molecule has 0 aromatic heterocycles. The molecular weight excluding hydrogens is 344 g/mol. The second-order valence-electron chi connectivity index (χ2n) is 5.75. The Labute approximate surface area is 154 Å². The minimum Gasteiger partial charge on any atom is -0.497 e. The molecule has 1 aliphatic rings. The molecule has 25 heavy (non-hydrogen) atoms. The second-order valence-corrected chi connectivity index (χ2v) is 5.75. The highest BCUT2D eigenvalue weighted by molar-refractivity contribution is 5.94. The quantitative estimate of drug-likeness (QED) is 0.722. The number of nitrogens with one attached hydrogen (secondary N) is 1. The zero-order chi connectivity index (χ0) is 17.4. The molecule has 2 rings (SSSR count). The van der Waals surface area contributed by atoms with E-state index in [4.69, 9.17) is 10.5 Å². The average Bonchev–Trinajstić information content (AvgIpc) is 2.62. The molecular formula is C17H27ClN4O3. The van der Waals surface area contributed by atoms with E-state index in [1.165, 1.54) is 0 Å². The third-order valence-corrected chi connectivity index (χ3v) is 4.15. The van der Waals surface area contributed by atoms with Crippen LogP contribution in [-0.4, -0.2) is 74.5 Å². The lowest BCUT2D eigenvalue weighted by Crippen LogP contribution is -2.50. The maximum absolute atomic E-state index is 12.1. The number of ether oxygens (including phenoxy) is 1. The normalized spacial score (nSPS) is 14.6. The molecule has 0 spiro atoms. The number of nitrogens with two attached hydrogens (primary N) is 1. The summed E-state index contributed by atoms with van der Waals surface area (Å²) in [7, 11) is 1.60. The lowest BCUT2D eigenvalue weighted by Gasteiger charge is -2.34. The van der Waals surface area contributed by atoms with Crippen molar-refractivity contribution in [2.24, 2.45) is 5.73 Å². The Bertz CT molecular complexity index is 545. The molecule has 1 aromatic rings. The molecule has 0 atom stereocenters. The van der Waals surface area contributed by atoms with E-state index < -0.39 is 0 Å². The smallest absolute Gasteiger partial charge is 0.251 e. The van der Waals surface area contributed by atoms with Gasteiger partial charge in [-0.05, 0) is 24.3 Å². The Morgan fingerprint density at radius 2 is 1.80 bits per heavy atom. The van der Waals surface area contributed by atoms with E-state index in [1.807, 2.05) is 4.90 Å². The van der Waals surface area contributed by atoms with Crippen molar-refractivity contribution in [2.75, 3.05) is 52.9 Å². The topological polar surface area (TPSA) is 87.9 Å². The number of hydrogen-bond acceptors (Lipinski definition) is 5. The highest BCUT2D eigenvalue weighted by atomic mass is 35.5. The van der Waals surface area contributed by atoms with Gasteiger partial charge in [0.1, 0.15) is 5.75 Å². The summed E-state index contributed by atoms with van der Waals surface area (Å²) < 4.78 is 5.08. The number of carbonyl (C=O) groups is 2. The molecule has 1 fully saturated rings. The molecule has 0 unspecified atom stereocenters. The van der Waals surface area contributed by atoms with Gasteiger partial charge in [-0.1, -0.05) is 0 Å². The van der Waals surface area contributed by atoms with Crippen LogP contribution in [0.3, 0.4) is 0 Å². The third kappa shape index (κ3) is 6.53. The number of nitrogens with zero attached hydrogens (tertiary/aromatic N) is 2. The van der Waals surface area contributed by atoms with Crippen molar-refractivity contribution in [3.8, 4) is 5.75 Å². The number of piperazine rings is 1. The Balaban J connectivity index is 0.00000312. The molecule has 0 saturated carbocycles. The molecule has 0 aliphatic carbocycles. The summed E-state index contributed by atoms with van der Waals surface area (Å²) in [5.41, 5.74) is 6.04. The number of hydrogen-bond donors (Lipinski definition) is 2. The third-order valence-electron chi connectivity index (χ3n) is 4.15. The minimum atomic E-state index is -0.0885. The fraction of sp³-hybridized carbons (Fsp3) is 0.529. The molecule has 2 amide bonds. The van der Waals surface area contributed by atoms with Gasteiger partial charge < -0.3 is 20.7 Å². The predicted octanol–water partition coefficient (Wildman–Crippen LogP) is 0.340. The monoisotopic (exact) mass is 370 g/mol. The summed E-state index contributed by atoms with van der Waals surface area (Å²) in [5.74, 6) is 0.771. The average molecular weight is 371 g/mol. The SMILES string of the molecule is COc1ccc(C(=O)NCCN2CCN(C(=O)CCN)CC2)cc1.Cl. The van der Waals surface area contributed by atoms with Crippen molar-refractivity contribution in [3.05, 3.63) is 29.8 Å². The lowest BCUT2D eigenvalue weighted by molar-refractivity contribution is -0.132. The minimum absolute atomic E-state index is 0. The van der Waals surface area contributed by atoms with Crippen molar-refractivity contribution < 1.29 is 14.3 Å². The number of carbonyl (C=O) groups excluding carboxylic acids is 2. The fourth-order valence-electron chi connectivity index (χ4n) is 2.67. The van der Waals surface area contributed by atoms with Crippen LogP contribution in [0.4, 0.5) is 0 Å². The van der Waals surface area contributed by atoms with E-state index in [2.05, 4.69) is 10.2 Å². The fourth-order valence-corrected chi connectivity index (χ4v) is 2.67. The first kappa shape index (κ1) is 21.2. The Hall–Kier alpha value is -1.83. The summed E-state index contributed by atoms with van der Waals surface area (Å²) in [6.07, 6.45) is 0.415. The highest BCUT2D eigenvalue weighted by Crippen LogP contribution is 2.11. The summed E-state index contributed by atoms with van der Waals surface area (Å²) in [6.45, 7) is 4.87. The Morgan fingerprint density at radius 3 is 2.36 bits per heavy atom. The molecule has 0 bridgehead atoms. The molecule has 1 saturated heterocycles. The molecule has 1 aliphatic heterocycles. The molecule has 7 nitrogen and oxygen atoms in total. The van der Waals surface area contributed by atoms with Gasteiger partial charge in [0, 0.05) is 57.8 Å². The lowest BCUT2D eigenvalue weighted by atomic mass is 10.2. The molecule has 1 heterocycles. The number of rotatable bonds is 7. The van der Waals surface area contributed by atoms with Crippen LogP contribution in [0.25, 0.3) is 0 Å². The van der Waals surface area contributed by atoms with Gasteiger partial charge >= 0.3 is 0 Å². The first-order chi connectivity index (χ1) is 11.6. The van der Waals surface area contributed by atoms with Crippen LogP contribution in [0, 0.1) is 0 Å². The van der Waals surface area contributed by atoms with Crippen molar-refractivity contribution >= 4 is 24.2 Å². The molecule has 8 heteroatoms. The molecule has 140 valence electrons. The van der Waals surface area contributed by atoms with Crippen molar-refractivity contribution in [2.45, 2.75) is 6.42 Å². The van der Waals surface area contributed by atoms with Gasteiger partial charge in [0.2, 0.25) is 5.91 Å². The number of halogens is 1. The van der Waals surface area contributed by atoms with E-state index in [0.29, 0.717) is 25.1 Å². The predicted molar refractivity (Wildman–Crippen MR) is 99.3 cm³/mol. The largest absolute Gasteiger partial charge is 0.497 e. The van der Waals surface area contributed by atoms with Crippen LogP contribution in [0.5, 0.6) is 5.75 Å². The number of benzene rings is 1. The number of amides is 2. The van der Waals surface area contributed by atoms with Gasteiger partial charge in [-0.25, -0.2) is 0 Å². The standard InChI is InChI=1S/C17H26N4O3.ClH/c1-24-15-4-2-14(3-5-15)17(23)19-8-9-20-10-12-21(13-11-20)16(22)6-7-18;/h2-5H,6-13,18H2,1H3,(H,19,23);1H. The zero-order valence-electron chi connectivity index (χ0n) is 14.6. The Morgan fingerprint density at radius 1 is 1.16 bits per heavy atom. The van der Waals surface area contributed by atoms with E-state index >= 15 is 0 Å². The maximum Gasteiger partial charge on any atom is 0.251 e.